The van der Waals surface area contributed by atoms with E-state index in [1.807, 2.05) is 24.3 Å². The number of carbonyl (C=O) groups is 1. The molecule has 0 radical (unpaired) electrons. The van der Waals surface area contributed by atoms with Crippen molar-refractivity contribution in [2.75, 3.05) is 0 Å². The van der Waals surface area contributed by atoms with Gasteiger partial charge in [-0.2, -0.15) is 0 Å². The summed E-state index contributed by atoms with van der Waals surface area (Å²) in [5.74, 6) is 0.587. The molecule has 6 heteroatoms. The van der Waals surface area contributed by atoms with Crippen molar-refractivity contribution in [3.63, 3.8) is 0 Å². The van der Waals surface area contributed by atoms with Gasteiger partial charge in [0.2, 0.25) is 11.2 Å². The summed E-state index contributed by atoms with van der Waals surface area (Å²) in [6.07, 6.45) is 0.268. The lowest BCUT2D eigenvalue weighted by Gasteiger charge is -2.19. The Hall–Kier alpha value is -3.28. The molecule has 0 aliphatic rings. The van der Waals surface area contributed by atoms with Crippen LogP contribution in [-0.4, -0.2) is 18.2 Å². The summed E-state index contributed by atoms with van der Waals surface area (Å²) in [7, 11) is 0. The Morgan fingerprint density at radius 3 is 2.23 bits per heavy atom. The summed E-state index contributed by atoms with van der Waals surface area (Å²) in [6.45, 7) is 11.5. The molecule has 0 saturated carbocycles. The molecule has 1 atom stereocenters. The lowest BCUT2D eigenvalue weighted by Crippen LogP contribution is -2.28. The highest BCUT2D eigenvalue weighted by atomic mass is 16.6. The molecule has 31 heavy (non-hydrogen) atoms. The SMILES string of the molecule is CC(C)OC(=O)C(C)Oc1ccc2c(=O)c(Oc3ccc(C(C)(C)C)cc3)coc2c1. The maximum Gasteiger partial charge on any atom is 0.347 e. The van der Waals surface area contributed by atoms with E-state index in [0.717, 1.165) is 0 Å². The number of fused-ring (bicyclic) bond motifs is 1. The number of carbonyl (C=O) groups excluding carboxylic acids is 1. The Labute approximate surface area is 181 Å². The summed E-state index contributed by atoms with van der Waals surface area (Å²) in [5.41, 5.74) is 1.25. The molecule has 164 valence electrons. The first-order valence-electron chi connectivity index (χ1n) is 10.3. The van der Waals surface area contributed by atoms with Gasteiger partial charge in [0.25, 0.3) is 0 Å². The summed E-state index contributed by atoms with van der Waals surface area (Å²) < 4.78 is 22.1. The van der Waals surface area contributed by atoms with Crippen LogP contribution in [-0.2, 0) is 14.9 Å². The quantitative estimate of drug-likeness (QED) is 0.479. The van der Waals surface area contributed by atoms with Crippen LogP contribution in [0.4, 0.5) is 0 Å². The molecule has 0 amide bonds. The van der Waals surface area contributed by atoms with Crippen molar-refractivity contribution in [3.8, 4) is 17.2 Å². The van der Waals surface area contributed by atoms with Crippen LogP contribution in [0, 0.1) is 0 Å². The van der Waals surface area contributed by atoms with Crippen LogP contribution in [0.1, 0.15) is 47.1 Å². The third kappa shape index (κ3) is 5.45. The fraction of sp³-hybridized carbons (Fsp3) is 0.360. The minimum absolute atomic E-state index is 0.0311. The molecule has 0 N–H and O–H groups in total. The molecule has 0 aliphatic heterocycles. The second-order valence-electron chi connectivity index (χ2n) is 8.71. The van der Waals surface area contributed by atoms with Crippen LogP contribution >= 0.6 is 0 Å². The molecule has 1 unspecified atom stereocenters. The maximum absolute atomic E-state index is 12.8. The molecular weight excluding hydrogens is 396 g/mol. The van der Waals surface area contributed by atoms with Crippen molar-refractivity contribution in [1.29, 1.82) is 0 Å². The average Bonchev–Trinajstić information content (AvgIpc) is 2.69. The van der Waals surface area contributed by atoms with E-state index in [0.29, 0.717) is 22.5 Å². The number of hydrogen-bond acceptors (Lipinski definition) is 6. The Morgan fingerprint density at radius 2 is 1.61 bits per heavy atom. The van der Waals surface area contributed by atoms with Gasteiger partial charge in [0.05, 0.1) is 11.5 Å². The maximum atomic E-state index is 12.8. The van der Waals surface area contributed by atoms with E-state index < -0.39 is 12.1 Å². The van der Waals surface area contributed by atoms with Gasteiger partial charge in [0.15, 0.2) is 6.10 Å². The molecule has 0 spiro atoms. The van der Waals surface area contributed by atoms with Gasteiger partial charge in [-0.3, -0.25) is 4.79 Å². The molecule has 0 bridgehead atoms. The van der Waals surface area contributed by atoms with Crippen LogP contribution in [0.25, 0.3) is 11.0 Å². The Balaban J connectivity index is 1.79. The van der Waals surface area contributed by atoms with Gasteiger partial charge in [0, 0.05) is 6.07 Å². The number of ether oxygens (including phenoxy) is 3. The second kappa shape index (κ2) is 8.84. The standard InChI is InChI=1S/C25H28O6/c1-15(2)29-24(27)16(3)30-19-11-12-20-21(13-19)28-14-22(23(20)26)31-18-9-7-17(8-10-18)25(4,5)6/h7-16H,1-6H3. The van der Waals surface area contributed by atoms with Crippen molar-refractivity contribution in [2.24, 2.45) is 0 Å². The molecule has 0 aliphatic carbocycles. The molecule has 2 aromatic carbocycles. The highest BCUT2D eigenvalue weighted by Crippen LogP contribution is 2.27. The van der Waals surface area contributed by atoms with Gasteiger partial charge < -0.3 is 18.6 Å². The topological polar surface area (TPSA) is 75.0 Å². The predicted molar refractivity (Wildman–Crippen MR) is 119 cm³/mol. The smallest absolute Gasteiger partial charge is 0.347 e. The molecular formula is C25H28O6. The van der Waals surface area contributed by atoms with E-state index in [1.54, 1.807) is 39.0 Å². The third-order valence-electron chi connectivity index (χ3n) is 4.66. The molecule has 6 nitrogen and oxygen atoms in total. The van der Waals surface area contributed by atoms with Gasteiger partial charge in [-0.25, -0.2) is 4.79 Å². The van der Waals surface area contributed by atoms with Crippen LogP contribution in [0.15, 0.2) is 57.9 Å². The van der Waals surface area contributed by atoms with Crippen LogP contribution in [0.3, 0.4) is 0 Å². The van der Waals surface area contributed by atoms with E-state index in [1.165, 1.54) is 11.8 Å². The summed E-state index contributed by atoms with van der Waals surface area (Å²) in [5, 5.41) is 0.355. The van der Waals surface area contributed by atoms with E-state index in [2.05, 4.69) is 20.8 Å². The molecule has 0 fully saturated rings. The molecule has 3 aromatic rings. The molecule has 1 heterocycles. The predicted octanol–water partition coefficient (Wildman–Crippen LogP) is 5.60. The zero-order valence-corrected chi connectivity index (χ0v) is 18.7. The monoisotopic (exact) mass is 424 g/mol. The van der Waals surface area contributed by atoms with E-state index >= 15 is 0 Å². The van der Waals surface area contributed by atoms with Crippen LogP contribution < -0.4 is 14.9 Å². The minimum Gasteiger partial charge on any atom is -0.479 e. The van der Waals surface area contributed by atoms with Gasteiger partial charge in [-0.1, -0.05) is 32.9 Å². The number of hydrogen-bond donors (Lipinski definition) is 0. The van der Waals surface area contributed by atoms with Crippen LogP contribution in [0.2, 0.25) is 0 Å². The van der Waals surface area contributed by atoms with E-state index in [4.69, 9.17) is 18.6 Å². The first kappa shape index (κ1) is 22.4. The molecule has 1 aromatic heterocycles. The Bertz CT molecular complexity index is 1120. The average molecular weight is 424 g/mol. The fourth-order valence-corrected chi connectivity index (χ4v) is 2.97. The normalized spacial score (nSPS) is 12.6. The lowest BCUT2D eigenvalue weighted by molar-refractivity contribution is -0.154. The second-order valence-corrected chi connectivity index (χ2v) is 8.71. The Morgan fingerprint density at radius 1 is 0.968 bits per heavy atom. The zero-order valence-electron chi connectivity index (χ0n) is 18.7. The fourth-order valence-electron chi connectivity index (χ4n) is 2.97. The highest BCUT2D eigenvalue weighted by molar-refractivity contribution is 5.79. The number of benzene rings is 2. The minimum atomic E-state index is -0.787. The van der Waals surface area contributed by atoms with Crippen molar-refractivity contribution >= 4 is 16.9 Å². The number of esters is 1. The van der Waals surface area contributed by atoms with Crippen LogP contribution in [0.5, 0.6) is 17.2 Å². The lowest BCUT2D eigenvalue weighted by atomic mass is 9.87. The van der Waals surface area contributed by atoms with Crippen molar-refractivity contribution in [3.05, 3.63) is 64.5 Å². The summed E-state index contributed by atoms with van der Waals surface area (Å²) in [4.78, 5) is 24.8. The largest absolute Gasteiger partial charge is 0.479 e. The van der Waals surface area contributed by atoms with Crippen molar-refractivity contribution < 1.29 is 23.4 Å². The van der Waals surface area contributed by atoms with Gasteiger partial charge in [-0.05, 0) is 56.0 Å². The first-order valence-corrected chi connectivity index (χ1v) is 10.3. The van der Waals surface area contributed by atoms with Gasteiger partial charge in [-0.15, -0.1) is 0 Å². The van der Waals surface area contributed by atoms with Gasteiger partial charge in [0.1, 0.15) is 23.3 Å². The summed E-state index contributed by atoms with van der Waals surface area (Å²) in [6, 6.07) is 12.4. The highest BCUT2D eigenvalue weighted by Gasteiger charge is 2.19. The van der Waals surface area contributed by atoms with E-state index in [-0.39, 0.29) is 22.7 Å². The van der Waals surface area contributed by atoms with Gasteiger partial charge >= 0.3 is 5.97 Å². The third-order valence-corrected chi connectivity index (χ3v) is 4.66. The molecule has 0 saturated heterocycles. The van der Waals surface area contributed by atoms with E-state index in [9.17, 15) is 9.59 Å². The Kier molecular flexibility index (Phi) is 6.39. The summed E-state index contributed by atoms with van der Waals surface area (Å²) >= 11 is 0. The van der Waals surface area contributed by atoms with Crippen molar-refractivity contribution in [2.45, 2.75) is 59.2 Å². The first-order chi connectivity index (χ1) is 14.5. The number of rotatable bonds is 6. The zero-order chi connectivity index (χ0) is 22.8. The van der Waals surface area contributed by atoms with Crippen molar-refractivity contribution in [1.82, 2.24) is 0 Å². The molecule has 3 rings (SSSR count).